The summed E-state index contributed by atoms with van der Waals surface area (Å²) >= 11 is 0. The maximum atomic E-state index is 11.5. The molecule has 0 radical (unpaired) electrons. The Labute approximate surface area is 211 Å². The second-order valence-corrected chi connectivity index (χ2v) is 9.46. The largest absolute Gasteiger partial charge is 1.00 e. The second-order valence-electron chi connectivity index (χ2n) is 7.81. The minimum Gasteiger partial charge on any atom is -0.748 e. The molecule has 1 N–H and O–H groups in total. The fourth-order valence-corrected chi connectivity index (χ4v) is 4.33. The van der Waals surface area contributed by atoms with E-state index < -0.39 is 21.5 Å². The zero-order chi connectivity index (χ0) is 19.7. The maximum Gasteiger partial charge on any atom is 1.00 e. The van der Waals surface area contributed by atoms with Crippen LogP contribution in [-0.2, 0) is 10.1 Å². The van der Waals surface area contributed by atoms with Crippen molar-refractivity contribution < 1.29 is 69.5 Å². The molecule has 2 unspecified atom stereocenters. The first-order chi connectivity index (χ1) is 12.4. The molecule has 0 aromatic rings. The Hall–Kier alpha value is 1.51. The average molecular weight is 431 g/mol. The third-order valence-electron chi connectivity index (χ3n) is 5.25. The number of hydrogen-bond donors (Lipinski definition) is 1. The second kappa shape index (κ2) is 20.8. The SMILES string of the molecule is CCCCCCCCCC(CCC(O)CCCCCCCC)S(=O)(=O)[O-].[K+]. The van der Waals surface area contributed by atoms with Gasteiger partial charge in [-0.1, -0.05) is 97.3 Å². The molecule has 0 fully saturated rings. The molecule has 2 atom stereocenters. The molecule has 0 saturated heterocycles. The Balaban J connectivity index is 0. The predicted octanol–water partition coefficient (Wildman–Crippen LogP) is 2.94. The van der Waals surface area contributed by atoms with Crippen LogP contribution in [0, 0.1) is 0 Å². The normalized spacial score (nSPS) is 13.9. The van der Waals surface area contributed by atoms with E-state index in [1.807, 2.05) is 0 Å². The van der Waals surface area contributed by atoms with Crippen molar-refractivity contribution >= 4 is 10.1 Å². The van der Waals surface area contributed by atoms with E-state index >= 15 is 0 Å². The van der Waals surface area contributed by atoms with Crippen molar-refractivity contribution in [3.8, 4) is 0 Å². The molecule has 0 bridgehead atoms. The third kappa shape index (κ3) is 20.6. The van der Waals surface area contributed by atoms with Crippen molar-refractivity contribution in [2.24, 2.45) is 0 Å². The van der Waals surface area contributed by atoms with Crippen molar-refractivity contribution in [2.75, 3.05) is 0 Å². The number of hydrogen-bond acceptors (Lipinski definition) is 4. The molecule has 0 aliphatic carbocycles. The summed E-state index contributed by atoms with van der Waals surface area (Å²) in [6.07, 6.45) is 16.3. The first kappa shape index (κ1) is 30.7. The Morgan fingerprint density at radius 2 is 1.07 bits per heavy atom. The van der Waals surface area contributed by atoms with Crippen LogP contribution in [0.2, 0.25) is 0 Å². The van der Waals surface area contributed by atoms with Gasteiger partial charge in [-0.25, -0.2) is 8.42 Å². The van der Waals surface area contributed by atoms with Gasteiger partial charge in [0.05, 0.1) is 16.2 Å². The van der Waals surface area contributed by atoms with Crippen LogP contribution >= 0.6 is 0 Å². The minimum absolute atomic E-state index is 0. The van der Waals surface area contributed by atoms with Gasteiger partial charge in [0.2, 0.25) is 0 Å². The fraction of sp³-hybridized carbons (Fsp3) is 1.00. The van der Waals surface area contributed by atoms with Crippen LogP contribution < -0.4 is 51.4 Å². The smallest absolute Gasteiger partial charge is 0.748 e. The van der Waals surface area contributed by atoms with E-state index in [1.54, 1.807) is 0 Å². The van der Waals surface area contributed by atoms with Crippen LogP contribution in [0.4, 0.5) is 0 Å². The zero-order valence-electron chi connectivity index (χ0n) is 18.3. The van der Waals surface area contributed by atoms with Crippen molar-refractivity contribution in [2.45, 2.75) is 134 Å². The van der Waals surface area contributed by atoms with E-state index in [9.17, 15) is 18.1 Å². The third-order valence-corrected chi connectivity index (χ3v) is 6.54. The molecule has 0 rings (SSSR count). The molecule has 27 heavy (non-hydrogen) atoms. The molecular formula is C21H43KO4S. The first-order valence-corrected chi connectivity index (χ1v) is 12.5. The Morgan fingerprint density at radius 1 is 0.667 bits per heavy atom. The molecule has 0 aliphatic rings. The van der Waals surface area contributed by atoms with E-state index in [4.69, 9.17) is 0 Å². The van der Waals surface area contributed by atoms with Crippen LogP contribution in [0.3, 0.4) is 0 Å². The Morgan fingerprint density at radius 3 is 1.52 bits per heavy atom. The van der Waals surface area contributed by atoms with Crippen LogP contribution in [0.1, 0.15) is 123 Å². The van der Waals surface area contributed by atoms with Gasteiger partial charge in [0.25, 0.3) is 0 Å². The molecule has 0 aromatic carbocycles. The maximum absolute atomic E-state index is 11.5. The standard InChI is InChI=1S/C21H44O4S.K/c1-3-5-7-9-11-13-15-17-21(26(23,24)25)19-18-20(22)16-14-12-10-8-6-4-2;/h20-22H,3-19H2,1-2H3,(H,23,24,25);/q;+1/p-1. The van der Waals surface area contributed by atoms with Crippen LogP contribution in [0.25, 0.3) is 0 Å². The summed E-state index contributed by atoms with van der Waals surface area (Å²) in [6, 6.07) is 0. The van der Waals surface area contributed by atoms with E-state index in [-0.39, 0.29) is 51.4 Å². The summed E-state index contributed by atoms with van der Waals surface area (Å²) in [5.74, 6) is 0. The van der Waals surface area contributed by atoms with E-state index in [1.165, 1.54) is 51.4 Å². The summed E-state index contributed by atoms with van der Waals surface area (Å²) in [5.41, 5.74) is 0. The van der Waals surface area contributed by atoms with E-state index in [0.29, 0.717) is 19.3 Å². The predicted molar refractivity (Wildman–Crippen MR) is 109 cm³/mol. The van der Waals surface area contributed by atoms with E-state index in [2.05, 4.69) is 13.8 Å². The Kier molecular flexibility index (Phi) is 23.6. The zero-order valence-corrected chi connectivity index (χ0v) is 22.2. The van der Waals surface area contributed by atoms with E-state index in [0.717, 1.165) is 38.5 Å². The van der Waals surface area contributed by atoms with Gasteiger partial charge in [-0.3, -0.25) is 0 Å². The van der Waals surface area contributed by atoms with Gasteiger partial charge in [0.1, 0.15) is 0 Å². The first-order valence-electron chi connectivity index (χ1n) is 11.0. The summed E-state index contributed by atoms with van der Waals surface area (Å²) < 4.78 is 34.4. The fourth-order valence-electron chi connectivity index (χ4n) is 3.45. The van der Waals surface area contributed by atoms with Gasteiger partial charge >= 0.3 is 51.4 Å². The molecule has 0 heterocycles. The van der Waals surface area contributed by atoms with Crippen molar-refractivity contribution in [1.82, 2.24) is 0 Å². The molecule has 4 nitrogen and oxygen atoms in total. The van der Waals surface area contributed by atoms with Crippen molar-refractivity contribution in [3.63, 3.8) is 0 Å². The molecule has 0 amide bonds. The van der Waals surface area contributed by atoms with Gasteiger partial charge in [0.15, 0.2) is 0 Å². The number of aliphatic hydroxyl groups excluding tert-OH is 1. The molecule has 158 valence electrons. The molecule has 0 saturated carbocycles. The topological polar surface area (TPSA) is 77.4 Å². The summed E-state index contributed by atoms with van der Waals surface area (Å²) in [5, 5.41) is 9.24. The summed E-state index contributed by atoms with van der Waals surface area (Å²) in [6.45, 7) is 4.38. The van der Waals surface area contributed by atoms with Gasteiger partial charge in [-0.05, 0) is 25.7 Å². The van der Waals surface area contributed by atoms with Crippen LogP contribution in [0.5, 0.6) is 0 Å². The molecule has 6 heteroatoms. The van der Waals surface area contributed by atoms with Crippen LogP contribution in [0.15, 0.2) is 0 Å². The van der Waals surface area contributed by atoms with Crippen molar-refractivity contribution in [3.05, 3.63) is 0 Å². The molecule has 0 spiro atoms. The Bertz CT molecular complexity index is 401. The van der Waals surface area contributed by atoms with Gasteiger partial charge in [-0.2, -0.15) is 0 Å². The number of unbranched alkanes of at least 4 members (excludes halogenated alkanes) is 11. The quantitative estimate of drug-likeness (QED) is 0.194. The molecule has 0 aromatic heterocycles. The van der Waals surface area contributed by atoms with Gasteiger partial charge in [-0.15, -0.1) is 0 Å². The summed E-state index contributed by atoms with van der Waals surface area (Å²) in [7, 11) is -4.26. The van der Waals surface area contributed by atoms with Gasteiger partial charge < -0.3 is 9.66 Å². The summed E-state index contributed by atoms with van der Waals surface area (Å²) in [4.78, 5) is 0. The number of aliphatic hydroxyl groups is 1. The number of rotatable bonds is 19. The molecule has 0 aliphatic heterocycles. The molecular weight excluding hydrogens is 387 g/mol. The minimum atomic E-state index is -4.26. The van der Waals surface area contributed by atoms with Crippen LogP contribution in [-0.4, -0.2) is 29.4 Å². The van der Waals surface area contributed by atoms with Crippen molar-refractivity contribution in [1.29, 1.82) is 0 Å². The average Bonchev–Trinajstić information content (AvgIpc) is 2.58. The monoisotopic (exact) mass is 430 g/mol. The van der Waals surface area contributed by atoms with Gasteiger partial charge in [0, 0.05) is 5.25 Å².